The molecule has 1 saturated heterocycles. The van der Waals surface area contributed by atoms with Crippen LogP contribution >= 0.6 is 0 Å². The Morgan fingerprint density at radius 3 is 2.76 bits per heavy atom. The highest BCUT2D eigenvalue weighted by atomic mass is 16.6. The van der Waals surface area contributed by atoms with Crippen LogP contribution in [-0.2, 0) is 14.3 Å². The maximum atomic E-state index is 11.3. The second-order valence-electron chi connectivity index (χ2n) is 5.07. The molecule has 0 spiro atoms. The second kappa shape index (κ2) is 4.93. The van der Waals surface area contributed by atoms with Crippen molar-refractivity contribution in [1.82, 2.24) is 0 Å². The Labute approximate surface area is 122 Å². The molecule has 2 aliphatic heterocycles. The summed E-state index contributed by atoms with van der Waals surface area (Å²) in [4.78, 5) is 11.3. The van der Waals surface area contributed by atoms with Crippen LogP contribution in [0.1, 0.15) is 18.1 Å². The number of benzene rings is 1. The molecule has 1 N–H and O–H groups in total. The molecule has 0 bridgehead atoms. The SMILES string of the molecule is C=C(C(=O)O)C12CC(c3ccc(OC)cc3)OC1=CCO2. The maximum Gasteiger partial charge on any atom is 0.334 e. The van der Waals surface area contributed by atoms with Gasteiger partial charge in [-0.15, -0.1) is 0 Å². The summed E-state index contributed by atoms with van der Waals surface area (Å²) in [5.74, 6) is 0.245. The average molecular weight is 288 g/mol. The molecule has 0 amide bonds. The van der Waals surface area contributed by atoms with E-state index in [1.54, 1.807) is 13.2 Å². The summed E-state index contributed by atoms with van der Waals surface area (Å²) in [6.45, 7) is 4.00. The van der Waals surface area contributed by atoms with Gasteiger partial charge >= 0.3 is 5.97 Å². The number of fused-ring (bicyclic) bond motifs is 1. The first-order valence-electron chi connectivity index (χ1n) is 6.65. The molecule has 2 atom stereocenters. The van der Waals surface area contributed by atoms with Gasteiger partial charge in [0.2, 0.25) is 0 Å². The van der Waals surface area contributed by atoms with Crippen LogP contribution in [0.2, 0.25) is 0 Å². The van der Waals surface area contributed by atoms with Crippen LogP contribution in [0, 0.1) is 0 Å². The van der Waals surface area contributed by atoms with E-state index in [0.29, 0.717) is 18.8 Å². The van der Waals surface area contributed by atoms with Crippen LogP contribution < -0.4 is 4.74 Å². The number of rotatable bonds is 4. The number of methoxy groups -OCH3 is 1. The summed E-state index contributed by atoms with van der Waals surface area (Å²) in [5.41, 5.74) is -0.0642. The molecule has 5 heteroatoms. The van der Waals surface area contributed by atoms with Gasteiger partial charge in [0.25, 0.3) is 0 Å². The van der Waals surface area contributed by atoms with Crippen LogP contribution in [-0.4, -0.2) is 30.4 Å². The summed E-state index contributed by atoms with van der Waals surface area (Å²) in [6.07, 6.45) is 1.94. The zero-order chi connectivity index (χ0) is 15.0. The van der Waals surface area contributed by atoms with Gasteiger partial charge in [0.05, 0.1) is 19.3 Å². The number of aliphatic carboxylic acids is 1. The van der Waals surface area contributed by atoms with Gasteiger partial charge in [-0.1, -0.05) is 18.7 Å². The fraction of sp³-hybridized carbons (Fsp3) is 0.312. The molecule has 1 aromatic rings. The van der Waals surface area contributed by atoms with Crippen LogP contribution in [0.4, 0.5) is 0 Å². The summed E-state index contributed by atoms with van der Waals surface area (Å²) in [6, 6.07) is 7.51. The zero-order valence-electron chi connectivity index (χ0n) is 11.7. The molecular formula is C16H16O5. The van der Waals surface area contributed by atoms with Gasteiger partial charge in [0.1, 0.15) is 17.6 Å². The summed E-state index contributed by atoms with van der Waals surface area (Å²) in [5, 5.41) is 9.23. The van der Waals surface area contributed by atoms with Crippen molar-refractivity contribution in [3.8, 4) is 5.75 Å². The lowest BCUT2D eigenvalue weighted by Gasteiger charge is -2.23. The lowest BCUT2D eigenvalue weighted by molar-refractivity contribution is -0.135. The zero-order valence-corrected chi connectivity index (χ0v) is 11.7. The Morgan fingerprint density at radius 1 is 1.43 bits per heavy atom. The van der Waals surface area contributed by atoms with Crippen molar-refractivity contribution in [2.45, 2.75) is 18.1 Å². The smallest absolute Gasteiger partial charge is 0.334 e. The predicted octanol–water partition coefficient (Wildman–Crippen LogP) is 2.45. The van der Waals surface area contributed by atoms with Gasteiger partial charge in [-0.3, -0.25) is 0 Å². The Kier molecular flexibility index (Phi) is 3.22. The molecule has 21 heavy (non-hydrogen) atoms. The molecule has 1 aromatic carbocycles. The van der Waals surface area contributed by atoms with Crippen molar-refractivity contribution >= 4 is 5.97 Å². The monoisotopic (exact) mass is 288 g/mol. The van der Waals surface area contributed by atoms with E-state index in [0.717, 1.165) is 11.3 Å². The number of hydrogen-bond acceptors (Lipinski definition) is 4. The summed E-state index contributed by atoms with van der Waals surface area (Å²) >= 11 is 0. The molecule has 2 heterocycles. The Hall–Kier alpha value is -2.27. The van der Waals surface area contributed by atoms with Crippen molar-refractivity contribution in [1.29, 1.82) is 0 Å². The Bertz CT molecular complexity index is 616. The highest BCUT2D eigenvalue weighted by molar-refractivity contribution is 5.89. The fourth-order valence-electron chi connectivity index (χ4n) is 2.79. The third kappa shape index (κ3) is 2.10. The van der Waals surface area contributed by atoms with Crippen molar-refractivity contribution < 1.29 is 24.1 Å². The first kappa shape index (κ1) is 13.7. The van der Waals surface area contributed by atoms with Gasteiger partial charge in [-0.05, 0) is 23.8 Å². The number of carboxylic acid groups (broad SMARTS) is 1. The molecule has 0 radical (unpaired) electrons. The minimum atomic E-state index is -1.07. The maximum absolute atomic E-state index is 11.3. The standard InChI is InChI=1S/C16H16O5/c1-10(15(17)18)16-9-13(21-14(16)7-8-20-16)11-3-5-12(19-2)6-4-11/h3-7,13H,1,8-9H2,2H3,(H,17,18). The number of carbonyl (C=O) groups is 1. The van der Waals surface area contributed by atoms with E-state index in [9.17, 15) is 9.90 Å². The lowest BCUT2D eigenvalue weighted by atomic mass is 9.88. The highest BCUT2D eigenvalue weighted by Gasteiger charge is 2.53. The largest absolute Gasteiger partial charge is 0.497 e. The first-order chi connectivity index (χ1) is 10.1. The third-order valence-electron chi connectivity index (χ3n) is 3.97. The summed E-state index contributed by atoms with van der Waals surface area (Å²) < 4.78 is 16.7. The van der Waals surface area contributed by atoms with Gasteiger partial charge in [0.15, 0.2) is 5.60 Å². The van der Waals surface area contributed by atoms with E-state index in [2.05, 4.69) is 6.58 Å². The minimum absolute atomic E-state index is 0.0160. The quantitative estimate of drug-likeness (QED) is 0.862. The Morgan fingerprint density at radius 2 is 2.14 bits per heavy atom. The Balaban J connectivity index is 1.88. The fourth-order valence-corrected chi connectivity index (χ4v) is 2.79. The molecule has 0 aromatic heterocycles. The van der Waals surface area contributed by atoms with E-state index in [1.807, 2.05) is 24.3 Å². The normalized spacial score (nSPS) is 26.7. The first-order valence-corrected chi connectivity index (χ1v) is 6.65. The third-order valence-corrected chi connectivity index (χ3v) is 3.97. The van der Waals surface area contributed by atoms with Gasteiger partial charge < -0.3 is 19.3 Å². The van der Waals surface area contributed by atoms with Gasteiger partial charge in [-0.2, -0.15) is 0 Å². The van der Waals surface area contributed by atoms with Crippen LogP contribution in [0.25, 0.3) is 0 Å². The number of hydrogen-bond donors (Lipinski definition) is 1. The van der Waals surface area contributed by atoms with Gasteiger partial charge in [0, 0.05) is 6.42 Å². The van der Waals surface area contributed by atoms with Crippen LogP contribution in [0.5, 0.6) is 5.75 Å². The minimum Gasteiger partial charge on any atom is -0.497 e. The van der Waals surface area contributed by atoms with E-state index in [1.165, 1.54) is 0 Å². The van der Waals surface area contributed by atoms with Crippen molar-refractivity contribution in [3.05, 3.63) is 53.8 Å². The van der Waals surface area contributed by atoms with E-state index >= 15 is 0 Å². The number of ether oxygens (including phenoxy) is 3. The molecule has 110 valence electrons. The topological polar surface area (TPSA) is 65.0 Å². The average Bonchev–Trinajstić information content (AvgIpc) is 3.04. The van der Waals surface area contributed by atoms with Crippen LogP contribution in [0.3, 0.4) is 0 Å². The molecule has 2 unspecified atom stereocenters. The highest BCUT2D eigenvalue weighted by Crippen LogP contribution is 2.50. The predicted molar refractivity (Wildman–Crippen MR) is 75.0 cm³/mol. The van der Waals surface area contributed by atoms with E-state index in [-0.39, 0.29) is 11.7 Å². The molecule has 0 aliphatic carbocycles. The van der Waals surface area contributed by atoms with Gasteiger partial charge in [-0.25, -0.2) is 4.79 Å². The molecule has 2 aliphatic rings. The lowest BCUT2D eigenvalue weighted by Crippen LogP contribution is -2.34. The van der Waals surface area contributed by atoms with Crippen LogP contribution in [0.15, 0.2) is 48.3 Å². The van der Waals surface area contributed by atoms with Crippen molar-refractivity contribution in [2.24, 2.45) is 0 Å². The molecule has 3 rings (SSSR count). The summed E-state index contributed by atoms with van der Waals surface area (Å²) in [7, 11) is 1.61. The van der Waals surface area contributed by atoms with E-state index in [4.69, 9.17) is 14.2 Å². The second-order valence-corrected chi connectivity index (χ2v) is 5.07. The van der Waals surface area contributed by atoms with E-state index < -0.39 is 11.6 Å². The van der Waals surface area contributed by atoms with Crippen molar-refractivity contribution in [2.75, 3.05) is 13.7 Å². The molecule has 0 saturated carbocycles. The van der Waals surface area contributed by atoms with Crippen molar-refractivity contribution in [3.63, 3.8) is 0 Å². The molecule has 5 nitrogen and oxygen atoms in total. The molecular weight excluding hydrogens is 272 g/mol. The molecule has 1 fully saturated rings. The number of carboxylic acids is 1.